The molecular formula is C10H15N3O. The van der Waals surface area contributed by atoms with Crippen molar-refractivity contribution < 1.29 is 4.79 Å². The molecule has 1 aliphatic heterocycles. The average Bonchev–Trinajstić information content (AvgIpc) is 2.67. The minimum atomic E-state index is 0.503. The van der Waals surface area contributed by atoms with E-state index in [1.807, 2.05) is 6.07 Å². The molecule has 2 heterocycles. The van der Waals surface area contributed by atoms with Gasteiger partial charge in [0, 0.05) is 5.69 Å². The van der Waals surface area contributed by atoms with Gasteiger partial charge in [0.1, 0.15) is 5.69 Å². The van der Waals surface area contributed by atoms with Crippen LogP contribution in [0.4, 0.5) is 0 Å². The Kier molecular flexibility index (Phi) is 2.93. The zero-order valence-electron chi connectivity index (χ0n) is 8.12. The van der Waals surface area contributed by atoms with E-state index >= 15 is 0 Å². The van der Waals surface area contributed by atoms with Crippen LogP contribution in [0.1, 0.15) is 29.0 Å². The summed E-state index contributed by atoms with van der Waals surface area (Å²) in [6.07, 6.45) is 4.29. The van der Waals surface area contributed by atoms with Gasteiger partial charge in [-0.15, -0.1) is 0 Å². The van der Waals surface area contributed by atoms with Gasteiger partial charge in [-0.1, -0.05) is 0 Å². The summed E-state index contributed by atoms with van der Waals surface area (Å²) in [5.41, 5.74) is 1.57. The minimum Gasteiger partial charge on any atom is -0.316 e. The lowest BCUT2D eigenvalue weighted by atomic mass is 9.95. The predicted octanol–water partition coefficient (Wildman–Crippen LogP) is 0.764. The highest BCUT2D eigenvalue weighted by Crippen LogP contribution is 2.15. The first-order chi connectivity index (χ1) is 6.88. The molecule has 4 heteroatoms. The van der Waals surface area contributed by atoms with E-state index in [1.165, 1.54) is 12.8 Å². The summed E-state index contributed by atoms with van der Waals surface area (Å²) in [5, 5.41) is 10.2. The maximum atomic E-state index is 10.4. The van der Waals surface area contributed by atoms with E-state index in [2.05, 4.69) is 15.5 Å². The first kappa shape index (κ1) is 9.40. The number of H-pyrrole nitrogens is 1. The monoisotopic (exact) mass is 193 g/mol. The highest BCUT2D eigenvalue weighted by Gasteiger charge is 2.14. The molecule has 0 amide bonds. The zero-order chi connectivity index (χ0) is 9.80. The van der Waals surface area contributed by atoms with Gasteiger partial charge in [-0.2, -0.15) is 5.10 Å². The number of hydrogen-bond acceptors (Lipinski definition) is 3. The van der Waals surface area contributed by atoms with Crippen molar-refractivity contribution in [1.29, 1.82) is 0 Å². The van der Waals surface area contributed by atoms with Crippen LogP contribution in [-0.2, 0) is 6.42 Å². The van der Waals surface area contributed by atoms with Crippen molar-refractivity contribution >= 4 is 6.29 Å². The van der Waals surface area contributed by atoms with Gasteiger partial charge in [0.15, 0.2) is 6.29 Å². The first-order valence-corrected chi connectivity index (χ1v) is 5.08. The van der Waals surface area contributed by atoms with E-state index in [0.717, 1.165) is 31.5 Å². The molecule has 0 aromatic carbocycles. The van der Waals surface area contributed by atoms with Crippen LogP contribution in [0.15, 0.2) is 6.07 Å². The zero-order valence-corrected chi connectivity index (χ0v) is 8.12. The maximum Gasteiger partial charge on any atom is 0.170 e. The topological polar surface area (TPSA) is 57.8 Å². The van der Waals surface area contributed by atoms with E-state index in [1.54, 1.807) is 0 Å². The largest absolute Gasteiger partial charge is 0.316 e. The maximum absolute atomic E-state index is 10.4. The summed E-state index contributed by atoms with van der Waals surface area (Å²) >= 11 is 0. The highest BCUT2D eigenvalue weighted by molar-refractivity contribution is 5.71. The molecule has 2 N–H and O–H groups in total. The van der Waals surface area contributed by atoms with Crippen LogP contribution in [0.25, 0.3) is 0 Å². The van der Waals surface area contributed by atoms with Crippen molar-refractivity contribution in [3.05, 3.63) is 17.5 Å². The number of hydrogen-bond donors (Lipinski definition) is 2. The Morgan fingerprint density at radius 3 is 3.21 bits per heavy atom. The molecule has 0 bridgehead atoms. The van der Waals surface area contributed by atoms with Crippen molar-refractivity contribution in [3.63, 3.8) is 0 Å². The quantitative estimate of drug-likeness (QED) is 0.697. The van der Waals surface area contributed by atoms with Gasteiger partial charge in [-0.3, -0.25) is 9.89 Å². The number of aromatic amines is 1. The van der Waals surface area contributed by atoms with Gasteiger partial charge in [-0.25, -0.2) is 0 Å². The number of nitrogens with one attached hydrogen (secondary N) is 2. The summed E-state index contributed by atoms with van der Waals surface area (Å²) in [5.74, 6) is 0.684. The lowest BCUT2D eigenvalue weighted by Gasteiger charge is -2.21. The molecule has 1 aliphatic rings. The highest BCUT2D eigenvalue weighted by atomic mass is 16.1. The molecule has 76 valence electrons. The van der Waals surface area contributed by atoms with E-state index in [0.29, 0.717) is 11.6 Å². The molecule has 1 saturated heterocycles. The van der Waals surface area contributed by atoms with Crippen LogP contribution in [-0.4, -0.2) is 29.6 Å². The standard InChI is InChI=1S/C10H15N3O/c14-7-10-5-9(12-13-10)4-8-2-1-3-11-6-8/h5,7-8,11H,1-4,6H2,(H,12,13). The van der Waals surface area contributed by atoms with E-state index in [-0.39, 0.29) is 0 Å². The molecule has 0 radical (unpaired) electrons. The van der Waals surface area contributed by atoms with Gasteiger partial charge in [0.05, 0.1) is 0 Å². The Morgan fingerprint density at radius 2 is 2.57 bits per heavy atom. The summed E-state index contributed by atoms with van der Waals surface area (Å²) in [7, 11) is 0. The molecular weight excluding hydrogens is 178 g/mol. The fourth-order valence-electron chi connectivity index (χ4n) is 1.95. The molecule has 1 atom stereocenters. The summed E-state index contributed by atoms with van der Waals surface area (Å²) in [6, 6.07) is 1.83. The summed E-state index contributed by atoms with van der Waals surface area (Å²) < 4.78 is 0. The Bertz CT molecular complexity index is 302. The summed E-state index contributed by atoms with van der Waals surface area (Å²) in [4.78, 5) is 10.4. The average molecular weight is 193 g/mol. The minimum absolute atomic E-state index is 0.503. The van der Waals surface area contributed by atoms with Gasteiger partial charge in [0.25, 0.3) is 0 Å². The third kappa shape index (κ3) is 2.20. The molecule has 0 saturated carbocycles. The Morgan fingerprint density at radius 1 is 1.64 bits per heavy atom. The van der Waals surface area contributed by atoms with E-state index in [4.69, 9.17) is 0 Å². The lowest BCUT2D eigenvalue weighted by molar-refractivity contribution is 0.111. The number of carbonyl (C=O) groups is 1. The van der Waals surface area contributed by atoms with Crippen LogP contribution in [0.5, 0.6) is 0 Å². The van der Waals surface area contributed by atoms with E-state index < -0.39 is 0 Å². The molecule has 1 aromatic rings. The number of rotatable bonds is 3. The van der Waals surface area contributed by atoms with Gasteiger partial charge >= 0.3 is 0 Å². The molecule has 14 heavy (non-hydrogen) atoms. The Balaban J connectivity index is 1.92. The van der Waals surface area contributed by atoms with Gasteiger partial charge in [0.2, 0.25) is 0 Å². The van der Waals surface area contributed by atoms with Crippen LogP contribution in [0.3, 0.4) is 0 Å². The van der Waals surface area contributed by atoms with Crippen LogP contribution < -0.4 is 5.32 Å². The van der Waals surface area contributed by atoms with Crippen molar-refractivity contribution in [2.75, 3.05) is 13.1 Å². The van der Waals surface area contributed by atoms with E-state index in [9.17, 15) is 4.79 Å². The Hall–Kier alpha value is -1.16. The molecule has 1 aromatic heterocycles. The molecule has 0 aliphatic carbocycles. The van der Waals surface area contributed by atoms with Gasteiger partial charge < -0.3 is 5.32 Å². The van der Waals surface area contributed by atoms with Crippen molar-refractivity contribution in [3.8, 4) is 0 Å². The molecule has 4 nitrogen and oxygen atoms in total. The van der Waals surface area contributed by atoms with Crippen LogP contribution in [0, 0.1) is 5.92 Å². The van der Waals surface area contributed by atoms with Crippen molar-refractivity contribution in [2.24, 2.45) is 5.92 Å². The number of nitrogens with zero attached hydrogens (tertiary/aromatic N) is 1. The second-order valence-corrected chi connectivity index (χ2v) is 3.85. The molecule has 2 rings (SSSR count). The number of aldehydes is 1. The second kappa shape index (κ2) is 4.37. The third-order valence-corrected chi connectivity index (χ3v) is 2.68. The Labute approximate surface area is 83.1 Å². The predicted molar refractivity (Wildman–Crippen MR) is 53.3 cm³/mol. The third-order valence-electron chi connectivity index (χ3n) is 2.68. The number of carbonyl (C=O) groups excluding carboxylic acids is 1. The number of piperidine rings is 1. The second-order valence-electron chi connectivity index (χ2n) is 3.85. The number of aromatic nitrogens is 2. The van der Waals surface area contributed by atoms with Gasteiger partial charge in [-0.05, 0) is 44.3 Å². The molecule has 1 unspecified atom stereocenters. The van der Waals surface area contributed by atoms with Crippen LogP contribution in [0.2, 0.25) is 0 Å². The lowest BCUT2D eigenvalue weighted by Crippen LogP contribution is -2.30. The fourth-order valence-corrected chi connectivity index (χ4v) is 1.95. The fraction of sp³-hybridized carbons (Fsp3) is 0.600. The smallest absolute Gasteiger partial charge is 0.170 e. The molecule has 1 fully saturated rings. The summed E-state index contributed by atoms with van der Waals surface area (Å²) in [6.45, 7) is 2.22. The normalized spacial score (nSPS) is 22.1. The first-order valence-electron chi connectivity index (χ1n) is 5.08. The van der Waals surface area contributed by atoms with Crippen molar-refractivity contribution in [1.82, 2.24) is 15.5 Å². The SMILES string of the molecule is O=Cc1cc(CC2CCCNC2)[nH]n1. The van der Waals surface area contributed by atoms with Crippen molar-refractivity contribution in [2.45, 2.75) is 19.3 Å². The van der Waals surface area contributed by atoms with Crippen LogP contribution >= 0.6 is 0 Å². The molecule has 0 spiro atoms.